The average Bonchev–Trinajstić information content (AvgIpc) is 3.40. The van der Waals surface area contributed by atoms with Crippen molar-refractivity contribution in [3.8, 4) is 0 Å². The summed E-state index contributed by atoms with van der Waals surface area (Å²) in [7, 11) is -1.15. The zero-order valence-corrected chi connectivity index (χ0v) is 25.2. The predicted molar refractivity (Wildman–Crippen MR) is 147 cm³/mol. The van der Waals surface area contributed by atoms with E-state index in [-0.39, 0.29) is 17.1 Å². The quantitative estimate of drug-likeness (QED) is 0.311. The molecule has 4 nitrogen and oxygen atoms in total. The van der Waals surface area contributed by atoms with Gasteiger partial charge in [-0.3, -0.25) is 0 Å². The topological polar surface area (TPSA) is 51.8 Å². The van der Waals surface area contributed by atoms with Crippen LogP contribution in [0, 0.1) is 39.9 Å². The van der Waals surface area contributed by atoms with Crippen LogP contribution in [0.1, 0.15) is 104 Å². The van der Waals surface area contributed by atoms with E-state index in [0.29, 0.717) is 17.4 Å². The summed E-state index contributed by atoms with van der Waals surface area (Å²) >= 11 is 0. The number of hydrogen-bond donors (Lipinski definition) is 1. The third kappa shape index (κ3) is 4.58. The van der Waals surface area contributed by atoms with Crippen molar-refractivity contribution in [2.24, 2.45) is 39.9 Å². The van der Waals surface area contributed by atoms with Gasteiger partial charge in [-0.2, -0.15) is 0 Å². The van der Waals surface area contributed by atoms with Crippen LogP contribution in [-0.2, 0) is 14.8 Å². The van der Waals surface area contributed by atoms with E-state index < -0.39 is 14.6 Å². The third-order valence-corrected chi connectivity index (χ3v) is 12.2. The largest absolute Gasteiger partial charge is 0.472 e. The van der Waals surface area contributed by atoms with Gasteiger partial charge in [-0.05, 0) is 111 Å². The van der Waals surface area contributed by atoms with Gasteiger partial charge in [0.2, 0.25) is 0 Å². The van der Waals surface area contributed by atoms with Gasteiger partial charge in [0.25, 0.3) is 0 Å². The summed E-state index contributed by atoms with van der Waals surface area (Å²) in [5, 5.41) is 12.0. The number of aliphatic hydroxyl groups is 1. The first-order valence-electron chi connectivity index (χ1n) is 14.9. The van der Waals surface area contributed by atoms with Crippen LogP contribution >= 0.6 is 0 Å². The van der Waals surface area contributed by atoms with Gasteiger partial charge in [-0.15, -0.1) is 0 Å². The van der Waals surface area contributed by atoms with Crippen molar-refractivity contribution < 1.29 is 18.7 Å². The zero-order valence-electron chi connectivity index (χ0n) is 24.0. The Kier molecular flexibility index (Phi) is 7.14. The summed E-state index contributed by atoms with van der Waals surface area (Å²) < 4.78 is 18.5. The van der Waals surface area contributed by atoms with Crippen molar-refractivity contribution in [3.63, 3.8) is 0 Å². The molecule has 0 aliphatic heterocycles. The molecule has 0 bridgehead atoms. The smallest absolute Gasteiger partial charge is 0.174 e. The second kappa shape index (κ2) is 9.53. The lowest BCUT2D eigenvalue weighted by molar-refractivity contribution is -0.189. The SMILES string of the molecule is C[SiH](C)OC(CC(C)(C)C)O[C@H]1CC[C@@]2(C)C(CC[C@@H]3[C@@H]2CC[C@@]2(C)[C@H]3CC[C@@]2(O)c2ccoc2)C1. The second-order valence-corrected chi connectivity index (χ2v) is 17.3. The normalized spacial score (nSPS) is 43.6. The zero-order chi connectivity index (χ0) is 25.9. The van der Waals surface area contributed by atoms with Crippen LogP contribution in [0.25, 0.3) is 0 Å². The van der Waals surface area contributed by atoms with Crippen LogP contribution in [0.4, 0.5) is 0 Å². The van der Waals surface area contributed by atoms with Crippen molar-refractivity contribution in [3.05, 3.63) is 24.2 Å². The minimum Gasteiger partial charge on any atom is -0.472 e. The number of fused-ring (bicyclic) bond motifs is 5. The molecule has 5 rings (SSSR count). The Morgan fingerprint density at radius 1 is 1.06 bits per heavy atom. The minimum absolute atomic E-state index is 0.0419. The summed E-state index contributed by atoms with van der Waals surface area (Å²) in [5.74, 6) is 2.89. The molecule has 0 saturated heterocycles. The van der Waals surface area contributed by atoms with Gasteiger partial charge in [-0.25, -0.2) is 0 Å². The molecule has 2 unspecified atom stereocenters. The van der Waals surface area contributed by atoms with Crippen molar-refractivity contribution in [2.45, 2.75) is 130 Å². The van der Waals surface area contributed by atoms with Gasteiger partial charge in [0.1, 0.15) is 6.29 Å². The van der Waals surface area contributed by atoms with Gasteiger partial charge >= 0.3 is 0 Å². The number of furan rings is 1. The van der Waals surface area contributed by atoms with Gasteiger partial charge in [-0.1, -0.05) is 34.6 Å². The standard InChI is InChI=1S/C31H52O4Si/c1-28(2,3)19-27(35-36(6)7)34-23-10-14-29(4)21(18-23)8-9-24-25(29)11-15-30(5)26(24)12-16-31(30,32)22-13-17-33-20-22/h13,17,20-21,23-27,32,36H,8-12,14-16,18-19H2,1-7H3/t21?,23-,24+,25-,26-,27?,29-,30-,31+/m0/s1. The molecule has 204 valence electrons. The lowest BCUT2D eigenvalue weighted by atomic mass is 9.44. The molecule has 0 amide bonds. The van der Waals surface area contributed by atoms with Crippen molar-refractivity contribution >= 4 is 9.04 Å². The molecule has 1 aromatic rings. The maximum absolute atomic E-state index is 12.0. The summed E-state index contributed by atoms with van der Waals surface area (Å²) in [5.41, 5.74) is 0.845. The van der Waals surface area contributed by atoms with Gasteiger partial charge in [0.15, 0.2) is 9.04 Å². The Morgan fingerprint density at radius 3 is 2.47 bits per heavy atom. The summed E-state index contributed by atoms with van der Waals surface area (Å²) in [4.78, 5) is 0. The lowest BCUT2D eigenvalue weighted by Gasteiger charge is -2.61. The van der Waals surface area contributed by atoms with E-state index in [1.54, 1.807) is 12.5 Å². The van der Waals surface area contributed by atoms with E-state index in [1.807, 2.05) is 6.07 Å². The van der Waals surface area contributed by atoms with Crippen LogP contribution in [-0.4, -0.2) is 26.5 Å². The maximum atomic E-state index is 12.0. The van der Waals surface area contributed by atoms with E-state index in [4.69, 9.17) is 13.6 Å². The highest BCUT2D eigenvalue weighted by molar-refractivity contribution is 6.48. The highest BCUT2D eigenvalue weighted by atomic mass is 28.3. The third-order valence-electron chi connectivity index (χ3n) is 11.3. The Bertz CT molecular complexity index is 893. The van der Waals surface area contributed by atoms with E-state index in [9.17, 15) is 5.11 Å². The first-order chi connectivity index (χ1) is 16.9. The van der Waals surface area contributed by atoms with Crippen molar-refractivity contribution in [1.29, 1.82) is 0 Å². The Hall–Kier alpha value is -0.623. The molecule has 4 fully saturated rings. The molecular weight excluding hydrogens is 464 g/mol. The molecule has 4 aliphatic carbocycles. The average molecular weight is 517 g/mol. The Morgan fingerprint density at radius 2 is 1.81 bits per heavy atom. The van der Waals surface area contributed by atoms with Crippen LogP contribution in [0.15, 0.2) is 23.0 Å². The molecule has 5 heteroatoms. The van der Waals surface area contributed by atoms with Gasteiger partial charge < -0.3 is 18.7 Å². The first kappa shape index (κ1) is 27.0. The van der Waals surface area contributed by atoms with E-state index in [1.165, 1.54) is 38.5 Å². The van der Waals surface area contributed by atoms with Crippen LogP contribution in [0.2, 0.25) is 13.1 Å². The van der Waals surface area contributed by atoms with Crippen molar-refractivity contribution in [2.75, 3.05) is 0 Å². The molecule has 1 N–H and O–H groups in total. The fourth-order valence-corrected chi connectivity index (χ4v) is 10.2. The number of hydrogen-bond acceptors (Lipinski definition) is 4. The van der Waals surface area contributed by atoms with Crippen LogP contribution < -0.4 is 0 Å². The second-order valence-electron chi connectivity index (χ2n) is 14.9. The highest BCUT2D eigenvalue weighted by Crippen LogP contribution is 2.70. The maximum Gasteiger partial charge on any atom is 0.174 e. The molecule has 0 spiro atoms. The Balaban J connectivity index is 1.28. The Labute approximate surface area is 221 Å². The molecule has 4 saturated carbocycles. The molecule has 0 radical (unpaired) electrons. The molecule has 1 heterocycles. The summed E-state index contributed by atoms with van der Waals surface area (Å²) in [6, 6.07) is 2.00. The molecular formula is C31H52O4Si. The highest BCUT2D eigenvalue weighted by Gasteiger charge is 2.65. The van der Waals surface area contributed by atoms with E-state index >= 15 is 0 Å². The predicted octanol–water partition coefficient (Wildman–Crippen LogP) is 7.66. The minimum atomic E-state index is -1.15. The fourth-order valence-electron chi connectivity index (χ4n) is 9.48. The van der Waals surface area contributed by atoms with Crippen molar-refractivity contribution in [1.82, 2.24) is 0 Å². The number of rotatable bonds is 6. The van der Waals surface area contributed by atoms with Crippen LogP contribution in [0.5, 0.6) is 0 Å². The molecule has 36 heavy (non-hydrogen) atoms. The molecule has 4 aliphatic rings. The monoisotopic (exact) mass is 516 g/mol. The van der Waals surface area contributed by atoms with E-state index in [0.717, 1.165) is 49.0 Å². The fraction of sp³-hybridized carbons (Fsp3) is 0.871. The van der Waals surface area contributed by atoms with Gasteiger partial charge in [0, 0.05) is 17.4 Å². The first-order valence-corrected chi connectivity index (χ1v) is 17.7. The summed E-state index contributed by atoms with van der Waals surface area (Å²) in [6.45, 7) is 16.4. The lowest BCUT2D eigenvalue weighted by Crippen LogP contribution is -2.56. The molecule has 9 atom stereocenters. The molecule has 0 aromatic carbocycles. The summed E-state index contributed by atoms with van der Waals surface area (Å²) in [6.07, 6.45) is 15.5. The van der Waals surface area contributed by atoms with Gasteiger partial charge in [0.05, 0.1) is 24.2 Å². The van der Waals surface area contributed by atoms with E-state index in [2.05, 4.69) is 47.7 Å². The number of ether oxygens (including phenoxy) is 1. The molecule has 1 aromatic heterocycles. The van der Waals surface area contributed by atoms with Crippen LogP contribution in [0.3, 0.4) is 0 Å².